The molecular weight excluding hydrogens is 272 g/mol. The number of rotatable bonds is 4. The van der Waals surface area contributed by atoms with Crippen molar-refractivity contribution in [2.75, 3.05) is 0 Å². The zero-order valence-corrected chi connectivity index (χ0v) is 12.6. The first kappa shape index (κ1) is 13.5. The van der Waals surface area contributed by atoms with E-state index >= 15 is 0 Å². The summed E-state index contributed by atoms with van der Waals surface area (Å²) >= 11 is 0. The van der Waals surface area contributed by atoms with E-state index in [1.54, 1.807) is 0 Å². The smallest absolute Gasteiger partial charge is 0.151 e. The fourth-order valence-electron chi connectivity index (χ4n) is 2.15. The van der Waals surface area contributed by atoms with Gasteiger partial charge in [-0.2, -0.15) is 0 Å². The van der Waals surface area contributed by atoms with Crippen LogP contribution >= 0.6 is 0 Å². The molecule has 0 spiro atoms. The van der Waals surface area contributed by atoms with Crippen molar-refractivity contribution in [2.45, 2.75) is 0 Å². The van der Waals surface area contributed by atoms with E-state index < -0.39 is 8.80 Å². The Morgan fingerprint density at radius 1 is 0.714 bits per heavy atom. The zero-order valence-electron chi connectivity index (χ0n) is 11.6. The predicted molar refractivity (Wildman–Crippen MR) is 89.0 cm³/mol. The van der Waals surface area contributed by atoms with Crippen LogP contribution in [0, 0.1) is 0 Å². The highest BCUT2D eigenvalue weighted by molar-refractivity contribution is 6.89. The molecule has 3 heteroatoms. The normalized spacial score (nSPS) is 11.1. The molecule has 3 aromatic rings. The highest BCUT2D eigenvalue weighted by Crippen LogP contribution is 2.02. The molecule has 0 N–H and O–H groups in total. The van der Waals surface area contributed by atoms with E-state index in [0.717, 1.165) is 0 Å². The van der Waals surface area contributed by atoms with Gasteiger partial charge in [0.2, 0.25) is 0 Å². The summed E-state index contributed by atoms with van der Waals surface area (Å²) < 4.78 is 0. The minimum absolute atomic E-state index is 1.00. The minimum atomic E-state index is -1.00. The Balaban J connectivity index is 1.96. The molecule has 0 bridgehead atoms. The van der Waals surface area contributed by atoms with Crippen molar-refractivity contribution >= 4 is 25.2 Å². The lowest BCUT2D eigenvalue weighted by molar-refractivity contribution is 1.34. The van der Waals surface area contributed by atoms with Gasteiger partial charge in [0.05, 0.1) is 0 Å². The molecule has 0 aliphatic heterocycles. The number of nitrogens with zero attached hydrogens (tertiary/aromatic N) is 2. The molecule has 0 saturated heterocycles. The number of aromatic nitrogens is 2. The highest BCUT2D eigenvalue weighted by atomic mass is 28.3. The van der Waals surface area contributed by atoms with Crippen LogP contribution in [0.15, 0.2) is 85.1 Å². The van der Waals surface area contributed by atoms with E-state index in [9.17, 15) is 0 Å². The molecule has 0 aliphatic rings. The standard InChI is InChI=1S/C18H15N2Si/c1-2-6-16(7-3-1)10-13-21(17-8-4-11-19-14-17)18-9-5-12-20-15-18/h1-15H. The Morgan fingerprint density at radius 3 is 1.86 bits per heavy atom. The van der Waals surface area contributed by atoms with Gasteiger partial charge in [-0.25, -0.2) is 0 Å². The highest BCUT2D eigenvalue weighted by Gasteiger charge is 2.13. The number of pyridine rings is 2. The first-order chi connectivity index (χ1) is 10.4. The molecular formula is C18H15N2Si. The van der Waals surface area contributed by atoms with Crippen LogP contribution in [0.2, 0.25) is 0 Å². The largest absolute Gasteiger partial charge is 0.265 e. The summed E-state index contributed by atoms with van der Waals surface area (Å²) in [6, 6.07) is 18.6. The van der Waals surface area contributed by atoms with Gasteiger partial charge in [0.15, 0.2) is 8.80 Å². The van der Waals surface area contributed by atoms with Crippen molar-refractivity contribution in [3.8, 4) is 0 Å². The molecule has 0 aliphatic carbocycles. The van der Waals surface area contributed by atoms with E-state index in [0.29, 0.717) is 0 Å². The summed E-state index contributed by atoms with van der Waals surface area (Å²) in [5.74, 6) is 0. The van der Waals surface area contributed by atoms with E-state index in [4.69, 9.17) is 0 Å². The van der Waals surface area contributed by atoms with Gasteiger partial charge in [0, 0.05) is 24.8 Å². The molecule has 1 radical (unpaired) electrons. The molecule has 2 aromatic heterocycles. The summed E-state index contributed by atoms with van der Waals surface area (Å²) in [6.45, 7) is 0. The molecule has 0 amide bonds. The first-order valence-electron chi connectivity index (χ1n) is 6.84. The Hall–Kier alpha value is -2.52. The Labute approximate surface area is 126 Å². The van der Waals surface area contributed by atoms with Crippen LogP contribution in [0.4, 0.5) is 0 Å². The molecule has 2 heterocycles. The average molecular weight is 287 g/mol. The van der Waals surface area contributed by atoms with Crippen LogP contribution in [-0.2, 0) is 0 Å². The topological polar surface area (TPSA) is 25.8 Å². The lowest BCUT2D eigenvalue weighted by atomic mass is 10.2. The SMILES string of the molecule is C(=C[Si](c1cccnc1)c1cccnc1)c1ccccc1. The molecule has 3 rings (SSSR count). The summed E-state index contributed by atoms with van der Waals surface area (Å²) in [5, 5.41) is 2.53. The second-order valence-corrected chi connectivity index (χ2v) is 6.96. The maximum atomic E-state index is 4.26. The van der Waals surface area contributed by atoms with Gasteiger partial charge < -0.3 is 0 Å². The van der Waals surface area contributed by atoms with Crippen LogP contribution in [0.1, 0.15) is 5.56 Å². The van der Waals surface area contributed by atoms with E-state index in [2.05, 4.69) is 58.1 Å². The van der Waals surface area contributed by atoms with Crippen molar-refractivity contribution in [3.05, 3.63) is 90.6 Å². The van der Waals surface area contributed by atoms with Gasteiger partial charge in [-0.3, -0.25) is 9.97 Å². The molecule has 1 aromatic carbocycles. The average Bonchev–Trinajstić information content (AvgIpc) is 2.58. The van der Waals surface area contributed by atoms with Crippen molar-refractivity contribution in [1.29, 1.82) is 0 Å². The van der Waals surface area contributed by atoms with Crippen molar-refractivity contribution in [2.24, 2.45) is 0 Å². The van der Waals surface area contributed by atoms with Crippen LogP contribution in [0.5, 0.6) is 0 Å². The Morgan fingerprint density at radius 2 is 1.33 bits per heavy atom. The second kappa shape index (κ2) is 6.77. The first-order valence-corrected chi connectivity index (χ1v) is 8.42. The summed E-state index contributed by atoms with van der Waals surface area (Å²) in [7, 11) is -1.00. The Kier molecular flexibility index (Phi) is 4.34. The van der Waals surface area contributed by atoms with Gasteiger partial charge >= 0.3 is 0 Å². The predicted octanol–water partition coefficient (Wildman–Crippen LogP) is 2.34. The lowest BCUT2D eigenvalue weighted by Gasteiger charge is -2.10. The summed E-state index contributed by atoms with van der Waals surface area (Å²) in [4.78, 5) is 8.51. The number of hydrogen-bond acceptors (Lipinski definition) is 2. The molecule has 101 valence electrons. The monoisotopic (exact) mass is 287 g/mol. The van der Waals surface area contributed by atoms with Gasteiger partial charge in [0.25, 0.3) is 0 Å². The quantitative estimate of drug-likeness (QED) is 0.688. The zero-order chi connectivity index (χ0) is 14.3. The molecule has 21 heavy (non-hydrogen) atoms. The number of hydrogen-bond donors (Lipinski definition) is 0. The third-order valence-corrected chi connectivity index (χ3v) is 5.52. The van der Waals surface area contributed by atoms with Crippen LogP contribution in [-0.4, -0.2) is 18.8 Å². The van der Waals surface area contributed by atoms with Gasteiger partial charge in [-0.15, -0.1) is 0 Å². The van der Waals surface area contributed by atoms with Crippen molar-refractivity contribution in [1.82, 2.24) is 9.97 Å². The molecule has 0 saturated carbocycles. The second-order valence-electron chi connectivity index (χ2n) is 4.64. The van der Waals surface area contributed by atoms with Crippen LogP contribution in [0.3, 0.4) is 0 Å². The van der Waals surface area contributed by atoms with Crippen LogP contribution < -0.4 is 10.4 Å². The fraction of sp³-hybridized carbons (Fsp3) is 0. The third-order valence-electron chi connectivity index (χ3n) is 3.19. The van der Waals surface area contributed by atoms with E-state index in [-0.39, 0.29) is 0 Å². The van der Waals surface area contributed by atoms with Gasteiger partial charge in [-0.05, 0) is 28.1 Å². The van der Waals surface area contributed by atoms with Gasteiger partial charge in [-0.1, -0.05) is 54.2 Å². The summed E-state index contributed by atoms with van der Waals surface area (Å²) in [5.41, 5.74) is 3.52. The molecule has 0 atom stereocenters. The lowest BCUT2D eigenvalue weighted by Crippen LogP contribution is -2.41. The molecule has 0 fully saturated rings. The summed E-state index contributed by atoms with van der Waals surface area (Å²) in [6.07, 6.45) is 9.72. The van der Waals surface area contributed by atoms with Gasteiger partial charge in [0.1, 0.15) is 0 Å². The van der Waals surface area contributed by atoms with E-state index in [1.807, 2.05) is 43.0 Å². The molecule has 2 nitrogen and oxygen atoms in total. The number of benzene rings is 1. The minimum Gasteiger partial charge on any atom is -0.265 e. The van der Waals surface area contributed by atoms with Crippen LogP contribution in [0.25, 0.3) is 6.08 Å². The van der Waals surface area contributed by atoms with Crippen molar-refractivity contribution in [3.63, 3.8) is 0 Å². The molecule has 0 unspecified atom stereocenters. The fourth-order valence-corrected chi connectivity index (χ4v) is 4.20. The maximum absolute atomic E-state index is 4.26. The van der Waals surface area contributed by atoms with E-state index in [1.165, 1.54) is 15.9 Å². The van der Waals surface area contributed by atoms with Crippen molar-refractivity contribution < 1.29 is 0 Å². The Bertz CT molecular complexity index is 658. The maximum Gasteiger partial charge on any atom is 0.151 e. The third kappa shape index (κ3) is 3.52.